The van der Waals surface area contributed by atoms with Crippen molar-refractivity contribution in [3.05, 3.63) is 24.7 Å². The number of anilines is 1. The van der Waals surface area contributed by atoms with E-state index in [0.717, 1.165) is 43.1 Å². The lowest BCUT2D eigenvalue weighted by atomic mass is 9.80. The summed E-state index contributed by atoms with van der Waals surface area (Å²) in [6, 6.07) is 2.15. The van der Waals surface area contributed by atoms with E-state index in [1.165, 1.54) is 0 Å². The maximum Gasteiger partial charge on any atom is 0.496 e. The minimum atomic E-state index is -0.374. The molecule has 4 rings (SSSR count). The lowest BCUT2D eigenvalue weighted by Gasteiger charge is -2.32. The molecule has 0 spiro atoms. The van der Waals surface area contributed by atoms with Crippen LogP contribution in [-0.2, 0) is 14.0 Å². The second-order valence-electron chi connectivity index (χ2n) is 7.50. The number of fused-ring (bicyclic) bond motifs is 1. The zero-order valence-corrected chi connectivity index (χ0v) is 14.8. The van der Waals surface area contributed by atoms with Gasteiger partial charge in [0.1, 0.15) is 0 Å². The van der Waals surface area contributed by atoms with Crippen molar-refractivity contribution >= 4 is 23.9 Å². The number of rotatable bonds is 2. The molecule has 7 heteroatoms. The first-order chi connectivity index (χ1) is 11.4. The number of hydrogen-bond acceptors (Lipinski definition) is 5. The molecule has 2 aliphatic heterocycles. The number of imidazole rings is 1. The van der Waals surface area contributed by atoms with E-state index >= 15 is 0 Å². The Labute approximate surface area is 142 Å². The van der Waals surface area contributed by atoms with Gasteiger partial charge in [-0.25, -0.2) is 4.98 Å². The summed E-state index contributed by atoms with van der Waals surface area (Å²) in [5.41, 5.74) is 2.38. The number of aromatic nitrogens is 2. The second-order valence-corrected chi connectivity index (χ2v) is 7.50. The third kappa shape index (κ3) is 2.51. The summed E-state index contributed by atoms with van der Waals surface area (Å²) in [5, 5.41) is 0. The highest BCUT2D eigenvalue weighted by molar-refractivity contribution is 6.62. The Kier molecular flexibility index (Phi) is 3.63. The molecule has 4 heterocycles. The van der Waals surface area contributed by atoms with Crippen LogP contribution < -0.4 is 10.4 Å². The molecular weight excluding hydrogens is 305 g/mol. The normalized spacial score (nSPS) is 23.2. The summed E-state index contributed by atoms with van der Waals surface area (Å²) in [5.74, 6) is 0. The number of pyridine rings is 1. The van der Waals surface area contributed by atoms with Gasteiger partial charge in [-0.3, -0.25) is 0 Å². The van der Waals surface area contributed by atoms with Gasteiger partial charge in [-0.1, -0.05) is 0 Å². The second kappa shape index (κ2) is 5.47. The fraction of sp³-hybridized carbons (Fsp3) is 0.588. The van der Waals surface area contributed by atoms with E-state index in [1.54, 1.807) is 0 Å². The Morgan fingerprint density at radius 3 is 2.42 bits per heavy atom. The van der Waals surface area contributed by atoms with E-state index in [-0.39, 0.29) is 18.3 Å². The molecule has 0 unspecified atom stereocenters. The minimum Gasteiger partial charge on any atom is -0.399 e. The molecule has 0 saturated carbocycles. The molecule has 0 aromatic carbocycles. The molecule has 0 amide bonds. The fourth-order valence-electron chi connectivity index (χ4n) is 3.18. The molecule has 2 fully saturated rings. The van der Waals surface area contributed by atoms with Crippen molar-refractivity contribution in [2.24, 2.45) is 0 Å². The predicted octanol–water partition coefficient (Wildman–Crippen LogP) is 1.47. The van der Waals surface area contributed by atoms with Crippen molar-refractivity contribution in [1.29, 1.82) is 0 Å². The Morgan fingerprint density at radius 2 is 1.75 bits per heavy atom. The van der Waals surface area contributed by atoms with Gasteiger partial charge in [0.15, 0.2) is 5.65 Å². The maximum absolute atomic E-state index is 6.22. The molecule has 0 radical (unpaired) electrons. The van der Waals surface area contributed by atoms with Gasteiger partial charge in [0.2, 0.25) is 0 Å². The van der Waals surface area contributed by atoms with Gasteiger partial charge in [0.05, 0.1) is 30.1 Å². The predicted molar refractivity (Wildman–Crippen MR) is 93.9 cm³/mol. The molecule has 2 saturated heterocycles. The van der Waals surface area contributed by atoms with Crippen LogP contribution in [0.15, 0.2) is 24.7 Å². The molecule has 0 N–H and O–H groups in total. The third-order valence-corrected chi connectivity index (χ3v) is 5.37. The molecule has 0 atom stereocenters. The highest BCUT2D eigenvalue weighted by Gasteiger charge is 2.52. The number of morpholine rings is 1. The van der Waals surface area contributed by atoms with E-state index in [0.29, 0.717) is 0 Å². The topological polar surface area (TPSA) is 48.2 Å². The highest BCUT2D eigenvalue weighted by atomic mass is 16.7. The molecule has 2 aromatic heterocycles. The van der Waals surface area contributed by atoms with E-state index in [4.69, 9.17) is 14.0 Å². The lowest BCUT2D eigenvalue weighted by molar-refractivity contribution is 0.00578. The lowest BCUT2D eigenvalue weighted by Crippen LogP contribution is -2.41. The Bertz CT molecular complexity index is 737. The van der Waals surface area contributed by atoms with Gasteiger partial charge in [-0.05, 0) is 33.8 Å². The van der Waals surface area contributed by atoms with Crippen LogP contribution in [0.4, 0.5) is 5.69 Å². The minimum absolute atomic E-state index is 0.347. The molecule has 128 valence electrons. The SMILES string of the molecule is CC1(C)OB(c2cc(N3CCOCC3)c3nccn3c2)OC1(C)C. The van der Waals surface area contributed by atoms with Gasteiger partial charge in [-0.2, -0.15) is 0 Å². The summed E-state index contributed by atoms with van der Waals surface area (Å²) in [6.07, 6.45) is 5.84. The van der Waals surface area contributed by atoms with E-state index in [1.807, 2.05) is 16.8 Å². The van der Waals surface area contributed by atoms with Crippen LogP contribution in [0.25, 0.3) is 5.65 Å². The number of ether oxygens (including phenoxy) is 1. The number of hydrogen-bond donors (Lipinski definition) is 0. The summed E-state index contributed by atoms with van der Waals surface area (Å²) >= 11 is 0. The number of nitrogens with zero attached hydrogens (tertiary/aromatic N) is 3. The van der Waals surface area contributed by atoms with E-state index < -0.39 is 0 Å². The summed E-state index contributed by atoms with van der Waals surface area (Å²) in [4.78, 5) is 6.84. The quantitative estimate of drug-likeness (QED) is 0.781. The highest BCUT2D eigenvalue weighted by Crippen LogP contribution is 2.36. The zero-order chi connectivity index (χ0) is 16.9. The van der Waals surface area contributed by atoms with Crippen LogP contribution in [0.5, 0.6) is 0 Å². The average Bonchev–Trinajstić information content (AvgIpc) is 3.09. The molecule has 0 bridgehead atoms. The first-order valence-electron chi connectivity index (χ1n) is 8.52. The van der Waals surface area contributed by atoms with Gasteiger partial charge in [0.25, 0.3) is 0 Å². The summed E-state index contributed by atoms with van der Waals surface area (Å²) < 4.78 is 20.0. The molecule has 2 aliphatic rings. The van der Waals surface area contributed by atoms with Crippen molar-refractivity contribution < 1.29 is 14.0 Å². The Balaban J connectivity index is 1.74. The largest absolute Gasteiger partial charge is 0.496 e. The molecule has 6 nitrogen and oxygen atoms in total. The first-order valence-corrected chi connectivity index (χ1v) is 8.52. The monoisotopic (exact) mass is 329 g/mol. The van der Waals surface area contributed by atoms with Crippen LogP contribution in [0.2, 0.25) is 0 Å². The van der Waals surface area contributed by atoms with Crippen molar-refractivity contribution in [1.82, 2.24) is 9.38 Å². The molecule has 2 aromatic rings. The zero-order valence-electron chi connectivity index (χ0n) is 14.8. The van der Waals surface area contributed by atoms with Crippen LogP contribution in [0, 0.1) is 0 Å². The standard InChI is InChI=1S/C17H24BN3O3/c1-16(2)17(3,4)24-18(23-16)13-11-14(20-7-9-22-10-8-20)15-19-5-6-21(15)12-13/h5-6,11-12H,7-10H2,1-4H3. The van der Waals surface area contributed by atoms with Crippen molar-refractivity contribution in [2.75, 3.05) is 31.2 Å². The smallest absolute Gasteiger partial charge is 0.399 e. The van der Waals surface area contributed by atoms with E-state index in [2.05, 4.69) is 49.8 Å². The summed E-state index contributed by atoms with van der Waals surface area (Å²) in [6.45, 7) is 11.5. The van der Waals surface area contributed by atoms with Crippen LogP contribution in [-0.4, -0.2) is 54.0 Å². The van der Waals surface area contributed by atoms with Gasteiger partial charge in [0, 0.05) is 37.1 Å². The third-order valence-electron chi connectivity index (χ3n) is 5.37. The van der Waals surface area contributed by atoms with Crippen molar-refractivity contribution in [2.45, 2.75) is 38.9 Å². The Morgan fingerprint density at radius 1 is 1.08 bits per heavy atom. The Hall–Kier alpha value is -1.57. The summed E-state index contributed by atoms with van der Waals surface area (Å²) in [7, 11) is -0.374. The van der Waals surface area contributed by atoms with Crippen LogP contribution in [0.3, 0.4) is 0 Å². The molecule has 0 aliphatic carbocycles. The molecule has 24 heavy (non-hydrogen) atoms. The van der Waals surface area contributed by atoms with Gasteiger partial charge < -0.3 is 23.3 Å². The van der Waals surface area contributed by atoms with Crippen LogP contribution in [0.1, 0.15) is 27.7 Å². The maximum atomic E-state index is 6.22. The van der Waals surface area contributed by atoms with Gasteiger partial charge in [-0.15, -0.1) is 0 Å². The average molecular weight is 329 g/mol. The van der Waals surface area contributed by atoms with Crippen molar-refractivity contribution in [3.8, 4) is 0 Å². The fourth-order valence-corrected chi connectivity index (χ4v) is 3.18. The molecular formula is C17H24BN3O3. The van der Waals surface area contributed by atoms with Crippen LogP contribution >= 0.6 is 0 Å². The van der Waals surface area contributed by atoms with Gasteiger partial charge >= 0.3 is 7.12 Å². The van der Waals surface area contributed by atoms with Crippen molar-refractivity contribution in [3.63, 3.8) is 0 Å². The van der Waals surface area contributed by atoms with E-state index in [9.17, 15) is 0 Å². The first kappa shape index (κ1) is 15.9.